The Labute approximate surface area is 138 Å². The van der Waals surface area contributed by atoms with E-state index in [2.05, 4.69) is 28.8 Å². The van der Waals surface area contributed by atoms with Gasteiger partial charge in [0, 0.05) is 16.1 Å². The number of rotatable bonds is 5. The number of thiol groups is 1. The molecule has 0 heterocycles. The number of nitrogens with one attached hydrogen (secondary N) is 3. The normalized spacial score (nSPS) is 9.57. The number of anilines is 2. The van der Waals surface area contributed by atoms with E-state index in [1.54, 1.807) is 54.6 Å². The van der Waals surface area contributed by atoms with Gasteiger partial charge in [0.15, 0.2) is 0 Å². The molecule has 0 aliphatic carbocycles. The summed E-state index contributed by atoms with van der Waals surface area (Å²) in [5.74, 6) is -0.652. The molecule has 0 unspecified atom stereocenters. The van der Waals surface area contributed by atoms with Crippen LogP contribution in [0.25, 0.3) is 0 Å². The minimum Gasteiger partial charge on any atom is -0.322 e. The van der Waals surface area contributed by atoms with Crippen LogP contribution in [0, 0.1) is 11.3 Å². The molecule has 7 heteroatoms. The summed E-state index contributed by atoms with van der Waals surface area (Å²) in [4.78, 5) is 24.0. The Kier molecular flexibility index (Phi) is 5.61. The summed E-state index contributed by atoms with van der Waals surface area (Å²) >= 11 is 4.20. The van der Waals surface area contributed by atoms with Gasteiger partial charge in [-0.15, -0.1) is 12.6 Å². The van der Waals surface area contributed by atoms with Gasteiger partial charge in [0.05, 0.1) is 11.8 Å². The molecule has 0 fully saturated rings. The van der Waals surface area contributed by atoms with Crippen molar-refractivity contribution in [1.29, 1.82) is 5.26 Å². The minimum absolute atomic E-state index is 0.217. The molecule has 0 aliphatic heterocycles. The van der Waals surface area contributed by atoms with E-state index in [-0.39, 0.29) is 12.3 Å². The van der Waals surface area contributed by atoms with Gasteiger partial charge in [-0.05, 0) is 42.5 Å². The summed E-state index contributed by atoms with van der Waals surface area (Å²) in [6.07, 6.45) is -0.217. The number of hydrogen-bond acceptors (Lipinski definition) is 5. The summed E-state index contributed by atoms with van der Waals surface area (Å²) in [5.41, 5.74) is 6.83. The van der Waals surface area contributed by atoms with Crippen LogP contribution in [0.1, 0.15) is 16.8 Å². The first-order valence-electron chi connectivity index (χ1n) is 6.71. The molecule has 2 aromatic carbocycles. The molecule has 2 rings (SSSR count). The van der Waals surface area contributed by atoms with Gasteiger partial charge in [0.2, 0.25) is 0 Å². The highest BCUT2D eigenvalue weighted by Crippen LogP contribution is 2.15. The lowest BCUT2D eigenvalue weighted by atomic mass is 10.2. The third kappa shape index (κ3) is 5.05. The van der Waals surface area contributed by atoms with Crippen LogP contribution in [0.15, 0.2) is 53.4 Å². The van der Waals surface area contributed by atoms with Crippen molar-refractivity contribution < 1.29 is 9.59 Å². The largest absolute Gasteiger partial charge is 0.322 e. The highest BCUT2D eigenvalue weighted by Gasteiger charge is 2.06. The van der Waals surface area contributed by atoms with Crippen LogP contribution < -0.4 is 16.2 Å². The molecule has 0 saturated heterocycles. The molecule has 0 aliphatic rings. The fourth-order valence-corrected chi connectivity index (χ4v) is 1.97. The quantitative estimate of drug-likeness (QED) is 0.502. The van der Waals surface area contributed by atoms with Gasteiger partial charge < -0.3 is 5.32 Å². The zero-order valence-corrected chi connectivity index (χ0v) is 12.9. The molecule has 0 aromatic heterocycles. The van der Waals surface area contributed by atoms with Crippen LogP contribution in [0.3, 0.4) is 0 Å². The second-order valence-corrected chi connectivity index (χ2v) is 5.11. The van der Waals surface area contributed by atoms with Crippen molar-refractivity contribution in [2.75, 3.05) is 10.7 Å². The number of hydrogen-bond donors (Lipinski definition) is 4. The van der Waals surface area contributed by atoms with Gasteiger partial charge >= 0.3 is 0 Å². The van der Waals surface area contributed by atoms with Crippen molar-refractivity contribution in [3.8, 4) is 6.07 Å². The first-order chi connectivity index (χ1) is 11.1. The second-order valence-electron chi connectivity index (χ2n) is 4.59. The van der Waals surface area contributed by atoms with Crippen molar-refractivity contribution in [3.05, 3.63) is 54.1 Å². The molecule has 3 N–H and O–H groups in total. The predicted octanol–water partition coefficient (Wildman–Crippen LogP) is 2.58. The van der Waals surface area contributed by atoms with Crippen molar-refractivity contribution in [3.63, 3.8) is 0 Å². The number of carbonyl (C=O) groups excluding carboxylic acids is 2. The van der Waals surface area contributed by atoms with E-state index in [1.807, 2.05) is 0 Å². The van der Waals surface area contributed by atoms with Gasteiger partial charge in [-0.25, -0.2) is 0 Å². The number of carbonyl (C=O) groups is 2. The van der Waals surface area contributed by atoms with E-state index in [0.717, 1.165) is 0 Å². The van der Waals surface area contributed by atoms with Crippen molar-refractivity contribution in [2.45, 2.75) is 11.3 Å². The van der Waals surface area contributed by atoms with E-state index < -0.39 is 5.91 Å². The van der Waals surface area contributed by atoms with E-state index in [0.29, 0.717) is 21.8 Å². The van der Waals surface area contributed by atoms with E-state index in [1.165, 1.54) is 0 Å². The fourth-order valence-electron chi connectivity index (χ4n) is 1.75. The number of nitriles is 1. The first kappa shape index (κ1) is 16.4. The van der Waals surface area contributed by atoms with E-state index >= 15 is 0 Å². The van der Waals surface area contributed by atoms with Crippen molar-refractivity contribution in [1.82, 2.24) is 5.43 Å². The molecule has 116 valence electrons. The number of amides is 2. The maximum atomic E-state index is 12.1. The molecule has 6 nitrogen and oxygen atoms in total. The monoisotopic (exact) mass is 326 g/mol. The Balaban J connectivity index is 1.93. The zero-order chi connectivity index (χ0) is 16.7. The lowest BCUT2D eigenvalue weighted by molar-refractivity contribution is -0.119. The highest BCUT2D eigenvalue weighted by molar-refractivity contribution is 7.80. The predicted molar refractivity (Wildman–Crippen MR) is 90.1 cm³/mol. The van der Waals surface area contributed by atoms with Crippen LogP contribution in [0.5, 0.6) is 0 Å². The molecule has 2 amide bonds. The Morgan fingerprint density at radius 3 is 2.43 bits per heavy atom. The summed E-state index contributed by atoms with van der Waals surface area (Å²) in [7, 11) is 0. The molecule has 23 heavy (non-hydrogen) atoms. The summed E-state index contributed by atoms with van der Waals surface area (Å²) < 4.78 is 0. The Hall–Kier alpha value is -2.98. The van der Waals surface area contributed by atoms with E-state index in [4.69, 9.17) is 5.26 Å². The molecule has 0 radical (unpaired) electrons. The second kappa shape index (κ2) is 7.87. The standard InChI is InChI=1S/C16H14N4O2S/c17-9-8-15(21)20-19-13-6-4-12(5-7-13)18-16(22)11-2-1-3-14(23)10-11/h1-7,10,19,23H,8H2,(H,18,22)(H,20,21). The maximum absolute atomic E-state index is 12.1. The number of hydrazine groups is 1. The minimum atomic E-state index is -0.420. The van der Waals surface area contributed by atoms with Crippen LogP contribution in [-0.4, -0.2) is 11.8 Å². The Morgan fingerprint density at radius 1 is 1.09 bits per heavy atom. The average molecular weight is 326 g/mol. The van der Waals surface area contributed by atoms with Crippen LogP contribution in [0.4, 0.5) is 11.4 Å². The van der Waals surface area contributed by atoms with E-state index in [9.17, 15) is 9.59 Å². The van der Waals surface area contributed by atoms with Crippen molar-refractivity contribution >= 4 is 35.8 Å². The number of benzene rings is 2. The molecule has 2 aromatic rings. The lowest BCUT2D eigenvalue weighted by Crippen LogP contribution is -2.28. The molecule has 0 bridgehead atoms. The lowest BCUT2D eigenvalue weighted by Gasteiger charge is -2.09. The van der Waals surface area contributed by atoms with Gasteiger partial charge in [0.25, 0.3) is 11.8 Å². The van der Waals surface area contributed by atoms with Gasteiger partial charge in [0.1, 0.15) is 6.42 Å². The fraction of sp³-hybridized carbons (Fsp3) is 0.0625. The topological polar surface area (TPSA) is 94.0 Å². The van der Waals surface area contributed by atoms with Gasteiger partial charge in [-0.3, -0.25) is 20.4 Å². The zero-order valence-electron chi connectivity index (χ0n) is 12.0. The smallest absolute Gasteiger partial charge is 0.255 e. The first-order valence-corrected chi connectivity index (χ1v) is 7.15. The molecular weight excluding hydrogens is 312 g/mol. The van der Waals surface area contributed by atoms with Crippen LogP contribution >= 0.6 is 12.6 Å². The summed E-state index contributed by atoms with van der Waals surface area (Å²) in [6.45, 7) is 0. The Bertz CT molecular complexity index is 753. The third-order valence-corrected chi connectivity index (χ3v) is 3.12. The highest BCUT2D eigenvalue weighted by atomic mass is 32.1. The van der Waals surface area contributed by atoms with Crippen molar-refractivity contribution in [2.24, 2.45) is 0 Å². The summed E-state index contributed by atoms with van der Waals surface area (Å²) in [5, 5.41) is 11.1. The van der Waals surface area contributed by atoms with Crippen LogP contribution in [0.2, 0.25) is 0 Å². The van der Waals surface area contributed by atoms with Crippen LogP contribution in [-0.2, 0) is 4.79 Å². The average Bonchev–Trinajstić information content (AvgIpc) is 2.54. The maximum Gasteiger partial charge on any atom is 0.255 e. The van der Waals surface area contributed by atoms with Gasteiger partial charge in [-0.2, -0.15) is 5.26 Å². The molecular formula is C16H14N4O2S. The molecule has 0 spiro atoms. The summed E-state index contributed by atoms with van der Waals surface area (Å²) in [6, 6.07) is 15.5. The molecule has 0 atom stereocenters. The number of nitrogens with zero attached hydrogens (tertiary/aromatic N) is 1. The third-order valence-electron chi connectivity index (χ3n) is 2.84. The molecule has 0 saturated carbocycles. The Morgan fingerprint density at radius 2 is 1.78 bits per heavy atom. The SMILES string of the molecule is N#CCC(=O)NNc1ccc(NC(=O)c2cccc(S)c2)cc1. The van der Waals surface area contributed by atoms with Gasteiger partial charge in [-0.1, -0.05) is 6.07 Å².